The van der Waals surface area contributed by atoms with E-state index in [0.29, 0.717) is 30.2 Å². The first-order valence-corrected chi connectivity index (χ1v) is 10.4. The molecule has 2 aromatic carbocycles. The number of rotatable bonds is 9. The molecule has 6 heteroatoms. The van der Waals surface area contributed by atoms with Gasteiger partial charge in [-0.15, -0.1) is 11.3 Å². The van der Waals surface area contributed by atoms with Crippen molar-refractivity contribution in [3.8, 4) is 11.5 Å². The Morgan fingerprint density at radius 2 is 1.79 bits per heavy atom. The second-order valence-electron chi connectivity index (χ2n) is 6.75. The molecule has 29 heavy (non-hydrogen) atoms. The summed E-state index contributed by atoms with van der Waals surface area (Å²) in [6.07, 6.45) is 3.56. The monoisotopic (exact) mass is 410 g/mol. The number of aromatic nitrogens is 1. The molecule has 5 nitrogen and oxygen atoms in total. The van der Waals surface area contributed by atoms with Crippen molar-refractivity contribution in [2.75, 3.05) is 20.8 Å². The Hall–Kier alpha value is -2.86. The molecule has 0 unspecified atom stereocenters. The maximum absolute atomic E-state index is 13.4. The largest absolute Gasteiger partial charge is 0.496 e. The number of carbonyl (C=O) groups is 1. The predicted octanol–water partition coefficient (Wildman–Crippen LogP) is 4.74. The van der Waals surface area contributed by atoms with Gasteiger partial charge in [0.1, 0.15) is 16.5 Å². The molecule has 1 aromatic heterocycles. The molecule has 0 bridgehead atoms. The second-order valence-corrected chi connectivity index (χ2v) is 7.73. The Labute approximate surface area is 175 Å². The fourth-order valence-electron chi connectivity index (χ4n) is 3.26. The molecule has 0 saturated carbocycles. The van der Waals surface area contributed by atoms with Crippen LogP contribution in [0.15, 0.2) is 54.0 Å². The van der Waals surface area contributed by atoms with Crippen molar-refractivity contribution in [1.29, 1.82) is 0 Å². The van der Waals surface area contributed by atoms with Gasteiger partial charge in [-0.2, -0.15) is 0 Å². The summed E-state index contributed by atoms with van der Waals surface area (Å²) >= 11 is 1.56. The van der Waals surface area contributed by atoms with Gasteiger partial charge in [0, 0.05) is 29.2 Å². The third-order valence-corrected chi connectivity index (χ3v) is 5.60. The number of thiazole rings is 1. The van der Waals surface area contributed by atoms with Crippen LogP contribution in [-0.4, -0.2) is 36.6 Å². The number of amides is 1. The first-order valence-electron chi connectivity index (χ1n) is 9.56. The van der Waals surface area contributed by atoms with Gasteiger partial charge in [0.15, 0.2) is 0 Å². The second kappa shape index (κ2) is 10.1. The summed E-state index contributed by atoms with van der Waals surface area (Å²) in [5, 5.41) is 2.85. The Bertz CT molecular complexity index is 902. The van der Waals surface area contributed by atoms with E-state index in [-0.39, 0.29) is 5.91 Å². The Balaban J connectivity index is 1.80. The van der Waals surface area contributed by atoms with E-state index in [1.54, 1.807) is 43.9 Å². The molecule has 0 spiro atoms. The van der Waals surface area contributed by atoms with Crippen LogP contribution in [0.4, 0.5) is 0 Å². The number of hydrogen-bond acceptors (Lipinski definition) is 5. The zero-order valence-corrected chi connectivity index (χ0v) is 17.9. The molecule has 0 fully saturated rings. The first kappa shape index (κ1) is 20.9. The Morgan fingerprint density at radius 1 is 1.10 bits per heavy atom. The minimum absolute atomic E-state index is 0.0511. The van der Waals surface area contributed by atoms with Crippen LogP contribution in [-0.2, 0) is 13.0 Å². The lowest BCUT2D eigenvalue weighted by Crippen LogP contribution is -2.32. The number of ether oxygens (including phenoxy) is 2. The molecule has 0 N–H and O–H groups in total. The van der Waals surface area contributed by atoms with Crippen LogP contribution in [0.3, 0.4) is 0 Å². The summed E-state index contributed by atoms with van der Waals surface area (Å²) in [5.74, 6) is 1.24. The zero-order chi connectivity index (χ0) is 20.6. The number of benzene rings is 2. The average molecular weight is 411 g/mol. The number of hydrogen-bond donors (Lipinski definition) is 0. The lowest BCUT2D eigenvalue weighted by atomic mass is 10.1. The van der Waals surface area contributed by atoms with Gasteiger partial charge < -0.3 is 14.4 Å². The smallest absolute Gasteiger partial charge is 0.254 e. The van der Waals surface area contributed by atoms with Gasteiger partial charge in [0.25, 0.3) is 5.91 Å². The van der Waals surface area contributed by atoms with E-state index in [1.807, 2.05) is 35.4 Å². The molecule has 0 aliphatic heterocycles. The summed E-state index contributed by atoms with van der Waals surface area (Å²) in [7, 11) is 3.20. The third kappa shape index (κ3) is 5.35. The van der Waals surface area contributed by atoms with E-state index in [9.17, 15) is 4.79 Å². The van der Waals surface area contributed by atoms with E-state index in [0.717, 1.165) is 23.4 Å². The van der Waals surface area contributed by atoms with Crippen LogP contribution in [0.2, 0.25) is 0 Å². The highest BCUT2D eigenvalue weighted by Crippen LogP contribution is 2.30. The van der Waals surface area contributed by atoms with Gasteiger partial charge in [0.2, 0.25) is 0 Å². The van der Waals surface area contributed by atoms with Crippen molar-refractivity contribution >= 4 is 17.2 Å². The summed E-state index contributed by atoms with van der Waals surface area (Å²) in [6, 6.07) is 13.9. The van der Waals surface area contributed by atoms with E-state index in [1.165, 1.54) is 5.56 Å². The minimum atomic E-state index is -0.0511. The van der Waals surface area contributed by atoms with Crippen molar-refractivity contribution in [2.24, 2.45) is 0 Å². The standard InChI is InChI=1S/C23H26N2O3S/c1-17-20(27-2)14-19(15-21(17)28-3)23(26)25(16-22-24-11-13-29-22)12-7-10-18-8-5-4-6-9-18/h4-6,8-9,11,13-15H,7,10,12,16H2,1-3H3. The maximum atomic E-state index is 13.4. The van der Waals surface area contributed by atoms with E-state index in [2.05, 4.69) is 17.1 Å². The van der Waals surface area contributed by atoms with Gasteiger partial charge >= 0.3 is 0 Å². The number of methoxy groups -OCH3 is 2. The van der Waals surface area contributed by atoms with Gasteiger partial charge in [-0.3, -0.25) is 4.79 Å². The molecule has 0 aliphatic rings. The van der Waals surface area contributed by atoms with Crippen molar-refractivity contribution in [3.05, 3.63) is 75.7 Å². The summed E-state index contributed by atoms with van der Waals surface area (Å²) in [5.41, 5.74) is 2.70. The van der Waals surface area contributed by atoms with Crippen LogP contribution in [0.25, 0.3) is 0 Å². The summed E-state index contributed by atoms with van der Waals surface area (Å²) < 4.78 is 10.9. The Kier molecular flexibility index (Phi) is 7.25. The third-order valence-electron chi connectivity index (χ3n) is 4.83. The lowest BCUT2D eigenvalue weighted by molar-refractivity contribution is 0.0740. The van der Waals surface area contributed by atoms with Crippen LogP contribution in [0, 0.1) is 6.92 Å². The van der Waals surface area contributed by atoms with Crippen molar-refractivity contribution in [2.45, 2.75) is 26.3 Å². The van der Waals surface area contributed by atoms with Gasteiger partial charge in [-0.1, -0.05) is 30.3 Å². The van der Waals surface area contributed by atoms with Crippen molar-refractivity contribution < 1.29 is 14.3 Å². The molecule has 152 valence electrons. The quantitative estimate of drug-likeness (QED) is 0.511. The van der Waals surface area contributed by atoms with E-state index < -0.39 is 0 Å². The van der Waals surface area contributed by atoms with E-state index >= 15 is 0 Å². The fourth-order valence-corrected chi connectivity index (χ4v) is 3.89. The highest BCUT2D eigenvalue weighted by atomic mass is 32.1. The molecular formula is C23H26N2O3S. The number of aryl methyl sites for hydroxylation is 1. The molecule has 0 atom stereocenters. The molecule has 1 amide bonds. The van der Waals surface area contributed by atoms with Gasteiger partial charge in [0.05, 0.1) is 20.8 Å². The highest BCUT2D eigenvalue weighted by molar-refractivity contribution is 7.09. The van der Waals surface area contributed by atoms with Gasteiger partial charge in [-0.25, -0.2) is 4.98 Å². The molecular weight excluding hydrogens is 384 g/mol. The normalized spacial score (nSPS) is 10.6. The van der Waals surface area contributed by atoms with Crippen LogP contribution >= 0.6 is 11.3 Å². The molecule has 0 saturated heterocycles. The first-order chi connectivity index (χ1) is 14.1. The average Bonchev–Trinajstić information content (AvgIpc) is 3.26. The molecule has 3 rings (SSSR count). The van der Waals surface area contributed by atoms with Crippen LogP contribution in [0.1, 0.15) is 32.9 Å². The number of carbonyl (C=O) groups excluding carboxylic acids is 1. The molecule has 1 heterocycles. The summed E-state index contributed by atoms with van der Waals surface area (Å²) in [4.78, 5) is 19.6. The zero-order valence-electron chi connectivity index (χ0n) is 17.1. The topological polar surface area (TPSA) is 51.7 Å². The highest BCUT2D eigenvalue weighted by Gasteiger charge is 2.20. The van der Waals surface area contributed by atoms with Crippen molar-refractivity contribution in [3.63, 3.8) is 0 Å². The molecule has 3 aromatic rings. The minimum Gasteiger partial charge on any atom is -0.496 e. The lowest BCUT2D eigenvalue weighted by Gasteiger charge is -2.23. The van der Waals surface area contributed by atoms with E-state index in [4.69, 9.17) is 9.47 Å². The maximum Gasteiger partial charge on any atom is 0.254 e. The van der Waals surface area contributed by atoms with Gasteiger partial charge in [-0.05, 0) is 37.5 Å². The molecule has 0 aliphatic carbocycles. The predicted molar refractivity (Wildman–Crippen MR) is 116 cm³/mol. The van der Waals surface area contributed by atoms with Crippen LogP contribution in [0.5, 0.6) is 11.5 Å². The van der Waals surface area contributed by atoms with Crippen LogP contribution < -0.4 is 9.47 Å². The number of nitrogens with zero attached hydrogens (tertiary/aromatic N) is 2. The fraction of sp³-hybridized carbons (Fsp3) is 0.304. The summed E-state index contributed by atoms with van der Waals surface area (Å²) in [6.45, 7) is 3.05. The Morgan fingerprint density at radius 3 is 2.38 bits per heavy atom. The molecule has 0 radical (unpaired) electrons. The SMILES string of the molecule is COc1cc(C(=O)N(CCCc2ccccc2)Cc2nccs2)cc(OC)c1C. The van der Waals surface area contributed by atoms with Crippen molar-refractivity contribution in [1.82, 2.24) is 9.88 Å².